The summed E-state index contributed by atoms with van der Waals surface area (Å²) < 4.78 is 5.03. The van der Waals surface area contributed by atoms with Gasteiger partial charge in [0.2, 0.25) is 11.8 Å². The maximum atomic E-state index is 10.6. The van der Waals surface area contributed by atoms with Crippen molar-refractivity contribution in [3.05, 3.63) is 12.3 Å². The van der Waals surface area contributed by atoms with Crippen LogP contribution in [0.2, 0.25) is 0 Å². The minimum Gasteiger partial charge on any atom is -0.481 e. The zero-order valence-corrected chi connectivity index (χ0v) is 12.3. The summed E-state index contributed by atoms with van der Waals surface area (Å²) in [5.41, 5.74) is 0. The highest BCUT2D eigenvalue weighted by atomic mass is 16.5. The monoisotopic (exact) mass is 281 g/mol. The molecule has 0 aromatic carbocycles. The molecular weight excluding hydrogens is 258 g/mol. The number of methoxy groups -OCH3 is 1. The van der Waals surface area contributed by atoms with E-state index in [9.17, 15) is 4.79 Å². The average molecular weight is 281 g/mol. The molecule has 0 radical (unpaired) electrons. The van der Waals surface area contributed by atoms with Crippen LogP contribution in [-0.2, 0) is 4.79 Å². The van der Waals surface area contributed by atoms with Crippen molar-refractivity contribution in [2.45, 2.75) is 33.1 Å². The molecule has 2 N–H and O–H groups in total. The molecule has 0 bridgehead atoms. The molecule has 0 aliphatic heterocycles. The minimum absolute atomic E-state index is 0.221. The molecule has 6 nitrogen and oxygen atoms in total. The van der Waals surface area contributed by atoms with Gasteiger partial charge in [0.1, 0.15) is 0 Å². The summed E-state index contributed by atoms with van der Waals surface area (Å²) >= 11 is 0. The summed E-state index contributed by atoms with van der Waals surface area (Å²) in [6, 6.07) is 1.69. The summed E-state index contributed by atoms with van der Waals surface area (Å²) in [6.07, 6.45) is 3.45. The van der Waals surface area contributed by atoms with Crippen molar-refractivity contribution in [1.82, 2.24) is 9.97 Å². The molecule has 0 fully saturated rings. The van der Waals surface area contributed by atoms with Gasteiger partial charge in [0.15, 0.2) is 0 Å². The van der Waals surface area contributed by atoms with Crippen LogP contribution in [0.5, 0.6) is 5.88 Å². The summed E-state index contributed by atoms with van der Waals surface area (Å²) in [4.78, 5) is 18.9. The van der Waals surface area contributed by atoms with Gasteiger partial charge in [0, 0.05) is 25.2 Å². The molecule has 1 aromatic rings. The van der Waals surface area contributed by atoms with Crippen LogP contribution >= 0.6 is 0 Å². The van der Waals surface area contributed by atoms with E-state index in [4.69, 9.17) is 9.84 Å². The van der Waals surface area contributed by atoms with Crippen molar-refractivity contribution >= 4 is 11.9 Å². The molecule has 6 heteroatoms. The van der Waals surface area contributed by atoms with Crippen molar-refractivity contribution in [2.75, 3.05) is 19.0 Å². The van der Waals surface area contributed by atoms with E-state index in [2.05, 4.69) is 29.1 Å². The van der Waals surface area contributed by atoms with E-state index in [1.54, 1.807) is 19.4 Å². The van der Waals surface area contributed by atoms with Gasteiger partial charge in [-0.25, -0.2) is 4.98 Å². The molecule has 0 saturated heterocycles. The number of ether oxygens (including phenoxy) is 1. The van der Waals surface area contributed by atoms with E-state index < -0.39 is 5.97 Å². The molecular formula is C14H23N3O3. The van der Waals surface area contributed by atoms with Crippen LogP contribution in [0.4, 0.5) is 5.95 Å². The third-order valence-corrected chi connectivity index (χ3v) is 3.31. The molecule has 20 heavy (non-hydrogen) atoms. The minimum atomic E-state index is -0.736. The number of hydrogen-bond donors (Lipinski definition) is 2. The largest absolute Gasteiger partial charge is 0.481 e. The zero-order chi connectivity index (χ0) is 15.0. The smallest absolute Gasteiger partial charge is 0.303 e. The van der Waals surface area contributed by atoms with Gasteiger partial charge in [-0.3, -0.25) is 4.79 Å². The first-order valence-electron chi connectivity index (χ1n) is 6.85. The second kappa shape index (κ2) is 8.35. The molecule has 1 unspecified atom stereocenters. The van der Waals surface area contributed by atoms with Crippen molar-refractivity contribution in [3.63, 3.8) is 0 Å². The molecule has 0 saturated carbocycles. The predicted octanol–water partition coefficient (Wildman–Crippen LogP) is 2.42. The van der Waals surface area contributed by atoms with Crippen molar-refractivity contribution in [1.29, 1.82) is 0 Å². The van der Waals surface area contributed by atoms with Crippen LogP contribution in [0.25, 0.3) is 0 Å². The highest BCUT2D eigenvalue weighted by molar-refractivity contribution is 5.66. The maximum Gasteiger partial charge on any atom is 0.303 e. The number of carbonyl (C=O) groups is 1. The van der Waals surface area contributed by atoms with Crippen LogP contribution in [0.15, 0.2) is 12.3 Å². The third-order valence-electron chi connectivity index (χ3n) is 3.31. The Morgan fingerprint density at radius 1 is 1.45 bits per heavy atom. The van der Waals surface area contributed by atoms with E-state index in [0.717, 1.165) is 13.0 Å². The highest BCUT2D eigenvalue weighted by Gasteiger charge is 2.14. The molecule has 0 aliphatic rings. The Morgan fingerprint density at radius 3 is 2.80 bits per heavy atom. The standard InChI is InChI=1S/C14H23N3O3/c1-10(2)11(4-5-13(18)19)6-8-15-14-16-9-7-12(17-14)20-3/h7,9-11H,4-6,8H2,1-3H3,(H,18,19)(H,15,16,17). The first-order chi connectivity index (χ1) is 9.52. The van der Waals surface area contributed by atoms with Crippen LogP contribution in [0.3, 0.4) is 0 Å². The Morgan fingerprint density at radius 2 is 2.20 bits per heavy atom. The lowest BCUT2D eigenvalue weighted by atomic mass is 9.88. The van der Waals surface area contributed by atoms with E-state index in [0.29, 0.717) is 30.1 Å². The number of anilines is 1. The second-order valence-corrected chi connectivity index (χ2v) is 5.07. The van der Waals surface area contributed by atoms with E-state index >= 15 is 0 Å². The summed E-state index contributed by atoms with van der Waals surface area (Å²) in [7, 11) is 1.56. The van der Waals surface area contributed by atoms with Crippen LogP contribution in [-0.4, -0.2) is 34.7 Å². The lowest BCUT2D eigenvalue weighted by Gasteiger charge is -2.20. The number of nitrogens with zero attached hydrogens (tertiary/aromatic N) is 2. The van der Waals surface area contributed by atoms with Gasteiger partial charge in [0.05, 0.1) is 7.11 Å². The van der Waals surface area contributed by atoms with Gasteiger partial charge in [0.25, 0.3) is 0 Å². The quantitative estimate of drug-likeness (QED) is 0.723. The van der Waals surface area contributed by atoms with Gasteiger partial charge in [-0.15, -0.1) is 0 Å². The number of carboxylic acid groups (broad SMARTS) is 1. The van der Waals surface area contributed by atoms with Crippen LogP contribution in [0, 0.1) is 11.8 Å². The lowest BCUT2D eigenvalue weighted by molar-refractivity contribution is -0.137. The van der Waals surface area contributed by atoms with E-state index in [1.807, 2.05) is 0 Å². The molecule has 1 aromatic heterocycles. The van der Waals surface area contributed by atoms with Gasteiger partial charge in [-0.2, -0.15) is 4.98 Å². The Kier molecular flexibility index (Phi) is 6.76. The van der Waals surface area contributed by atoms with Gasteiger partial charge < -0.3 is 15.2 Å². The normalized spacial score (nSPS) is 12.2. The first kappa shape index (κ1) is 16.2. The fraction of sp³-hybridized carbons (Fsp3) is 0.643. The van der Waals surface area contributed by atoms with Crippen LogP contribution in [0.1, 0.15) is 33.1 Å². The van der Waals surface area contributed by atoms with E-state index in [1.165, 1.54) is 0 Å². The maximum absolute atomic E-state index is 10.6. The fourth-order valence-electron chi connectivity index (χ4n) is 2.03. The number of rotatable bonds is 9. The molecule has 112 valence electrons. The Balaban J connectivity index is 2.41. The zero-order valence-electron chi connectivity index (χ0n) is 12.3. The SMILES string of the molecule is COc1ccnc(NCCC(CCC(=O)O)C(C)C)n1. The predicted molar refractivity (Wildman–Crippen MR) is 76.9 cm³/mol. The Hall–Kier alpha value is -1.85. The third kappa shape index (κ3) is 5.86. The summed E-state index contributed by atoms with van der Waals surface area (Å²) in [5, 5.41) is 11.9. The van der Waals surface area contributed by atoms with Crippen LogP contribution < -0.4 is 10.1 Å². The number of hydrogen-bond acceptors (Lipinski definition) is 5. The lowest BCUT2D eigenvalue weighted by Crippen LogP contribution is -2.16. The number of aromatic nitrogens is 2. The molecule has 0 aliphatic carbocycles. The Labute approximate surface area is 119 Å². The highest BCUT2D eigenvalue weighted by Crippen LogP contribution is 2.21. The first-order valence-corrected chi connectivity index (χ1v) is 6.85. The Bertz CT molecular complexity index is 424. The van der Waals surface area contributed by atoms with E-state index in [-0.39, 0.29) is 6.42 Å². The second-order valence-electron chi connectivity index (χ2n) is 5.07. The molecule has 0 amide bonds. The molecule has 1 heterocycles. The van der Waals surface area contributed by atoms with Crippen molar-refractivity contribution in [3.8, 4) is 5.88 Å². The van der Waals surface area contributed by atoms with Crippen molar-refractivity contribution in [2.24, 2.45) is 11.8 Å². The van der Waals surface area contributed by atoms with Gasteiger partial charge in [-0.1, -0.05) is 13.8 Å². The molecule has 1 atom stereocenters. The number of nitrogens with one attached hydrogen (secondary N) is 1. The van der Waals surface area contributed by atoms with Gasteiger partial charge in [-0.05, 0) is 24.7 Å². The van der Waals surface area contributed by atoms with Gasteiger partial charge >= 0.3 is 5.97 Å². The average Bonchev–Trinajstić information content (AvgIpc) is 2.42. The molecule has 1 rings (SSSR count). The van der Waals surface area contributed by atoms with Crippen molar-refractivity contribution < 1.29 is 14.6 Å². The number of carboxylic acids is 1. The number of aliphatic carboxylic acids is 1. The topological polar surface area (TPSA) is 84.3 Å². The summed E-state index contributed by atoms with van der Waals surface area (Å²) in [5.74, 6) is 1.16. The molecule has 0 spiro atoms. The fourth-order valence-corrected chi connectivity index (χ4v) is 2.03. The summed E-state index contributed by atoms with van der Waals surface area (Å²) in [6.45, 7) is 4.96.